The molecule has 2 aromatic rings. The molecule has 2 atom stereocenters. The zero-order chi connectivity index (χ0) is 24.4. The Hall–Kier alpha value is -3.12. The maximum atomic E-state index is 13.7. The van der Waals surface area contributed by atoms with Crippen LogP contribution in [0.2, 0.25) is 0 Å². The molecule has 34 heavy (non-hydrogen) atoms. The molecule has 1 amide bonds. The van der Waals surface area contributed by atoms with Gasteiger partial charge in [-0.2, -0.15) is 0 Å². The Morgan fingerprint density at radius 1 is 1.12 bits per heavy atom. The van der Waals surface area contributed by atoms with Crippen molar-refractivity contribution < 1.29 is 24.3 Å². The molecule has 2 aromatic carbocycles. The molecule has 6 heteroatoms. The van der Waals surface area contributed by atoms with E-state index in [9.17, 15) is 14.7 Å². The molecule has 0 saturated carbocycles. The first kappa shape index (κ1) is 24.0. The van der Waals surface area contributed by atoms with E-state index in [1.165, 1.54) is 4.90 Å². The Morgan fingerprint density at radius 3 is 2.50 bits per heavy atom. The number of nitrogens with one attached hydrogen (secondary N) is 1. The molecule has 6 nitrogen and oxygen atoms in total. The third-order valence-corrected chi connectivity index (χ3v) is 7.01. The summed E-state index contributed by atoms with van der Waals surface area (Å²) < 4.78 is 5.76. The second-order valence-electron chi connectivity index (χ2n) is 9.40. The van der Waals surface area contributed by atoms with Crippen LogP contribution in [0.4, 0.5) is 0 Å². The lowest BCUT2D eigenvalue weighted by Crippen LogP contribution is -3.11. The zero-order valence-electron chi connectivity index (χ0n) is 20.5. The van der Waals surface area contributed by atoms with E-state index in [4.69, 9.17) is 4.74 Å². The van der Waals surface area contributed by atoms with Gasteiger partial charge in [0.1, 0.15) is 11.9 Å². The normalized spacial score (nSPS) is 21.3. The molecule has 4 rings (SSSR count). The molecular formula is C28H34N2O4. The SMILES string of the molecule is CC[NH+](CC)CCCN1C(=O)C(=O)/C(=C(/[O-])c2ccc3c(c2)CC(C)O3)C1c1ccc(C)cc1. The minimum atomic E-state index is -0.684. The van der Waals surface area contributed by atoms with Crippen LogP contribution < -0.4 is 14.7 Å². The number of carbonyl (C=O) groups excluding carboxylic acids is 2. The molecule has 0 radical (unpaired) electrons. The number of fused-ring (bicyclic) bond motifs is 1. The number of ether oxygens (including phenoxy) is 1. The predicted molar refractivity (Wildman–Crippen MR) is 129 cm³/mol. The molecular weight excluding hydrogens is 428 g/mol. The van der Waals surface area contributed by atoms with Gasteiger partial charge in [0.2, 0.25) is 5.78 Å². The van der Waals surface area contributed by atoms with Gasteiger partial charge in [-0.3, -0.25) is 9.59 Å². The van der Waals surface area contributed by atoms with Crippen molar-refractivity contribution in [1.29, 1.82) is 0 Å². The number of hydrogen-bond acceptors (Lipinski definition) is 4. The van der Waals surface area contributed by atoms with Gasteiger partial charge in [0.15, 0.2) is 0 Å². The number of quaternary nitrogens is 1. The number of amides is 1. The Balaban J connectivity index is 1.72. The summed E-state index contributed by atoms with van der Waals surface area (Å²) in [5, 5.41) is 13.7. The topological polar surface area (TPSA) is 74.1 Å². The zero-order valence-corrected chi connectivity index (χ0v) is 20.5. The lowest BCUT2D eigenvalue weighted by Gasteiger charge is -2.28. The van der Waals surface area contributed by atoms with Crippen molar-refractivity contribution >= 4 is 17.4 Å². The van der Waals surface area contributed by atoms with E-state index in [1.807, 2.05) is 44.2 Å². The van der Waals surface area contributed by atoms with Crippen LogP contribution >= 0.6 is 0 Å². The maximum Gasteiger partial charge on any atom is 0.295 e. The molecule has 2 aliphatic heterocycles. The van der Waals surface area contributed by atoms with Crippen LogP contribution in [0.3, 0.4) is 0 Å². The quantitative estimate of drug-likeness (QED) is 0.369. The maximum absolute atomic E-state index is 13.7. The summed E-state index contributed by atoms with van der Waals surface area (Å²) in [6, 6.07) is 12.4. The van der Waals surface area contributed by atoms with E-state index in [0.717, 1.165) is 54.9 Å². The molecule has 1 N–H and O–H groups in total. The van der Waals surface area contributed by atoms with E-state index >= 15 is 0 Å². The summed E-state index contributed by atoms with van der Waals surface area (Å²) in [5.41, 5.74) is 3.31. The van der Waals surface area contributed by atoms with Crippen molar-refractivity contribution in [3.05, 3.63) is 70.3 Å². The fourth-order valence-corrected chi connectivity index (χ4v) is 5.02. The minimum absolute atomic E-state index is 0.0518. The smallest absolute Gasteiger partial charge is 0.295 e. The summed E-state index contributed by atoms with van der Waals surface area (Å²) in [7, 11) is 0. The number of ketones is 1. The Labute approximate surface area is 201 Å². The number of hydrogen-bond donors (Lipinski definition) is 1. The van der Waals surface area contributed by atoms with Gasteiger partial charge in [-0.05, 0) is 56.5 Å². The van der Waals surface area contributed by atoms with Crippen LogP contribution in [0.25, 0.3) is 5.76 Å². The molecule has 1 fully saturated rings. The van der Waals surface area contributed by atoms with E-state index in [1.54, 1.807) is 17.0 Å². The van der Waals surface area contributed by atoms with Crippen molar-refractivity contribution in [2.45, 2.75) is 52.7 Å². The fourth-order valence-electron chi connectivity index (χ4n) is 5.02. The molecule has 0 aromatic heterocycles. The number of Topliss-reactive ketones (excluding diaryl/α,β-unsaturated/α-hetero) is 1. The summed E-state index contributed by atoms with van der Waals surface area (Å²) in [5.74, 6) is -0.862. The van der Waals surface area contributed by atoms with Crippen LogP contribution in [0.1, 0.15) is 55.5 Å². The van der Waals surface area contributed by atoms with Gasteiger partial charge in [-0.1, -0.05) is 41.7 Å². The molecule has 0 aliphatic carbocycles. The number of nitrogens with zero attached hydrogens (tertiary/aromatic N) is 1. The largest absolute Gasteiger partial charge is 0.872 e. The van der Waals surface area contributed by atoms with E-state index in [0.29, 0.717) is 12.1 Å². The van der Waals surface area contributed by atoms with Gasteiger partial charge in [-0.15, -0.1) is 0 Å². The van der Waals surface area contributed by atoms with E-state index in [2.05, 4.69) is 13.8 Å². The molecule has 2 heterocycles. The lowest BCUT2D eigenvalue weighted by molar-refractivity contribution is -0.896. The third kappa shape index (κ3) is 4.60. The second kappa shape index (κ2) is 10.0. The standard InChI is InChI=1S/C28H34N2O4/c1-5-29(6-2)14-7-15-30-25(20-10-8-18(3)9-11-20)24(27(32)28(30)33)26(31)21-12-13-23-22(17-21)16-19(4)34-23/h8-13,17,19,25,31H,5-7,14-16H2,1-4H3/b26-24+. The van der Waals surface area contributed by atoms with Crippen molar-refractivity contribution in [3.8, 4) is 5.75 Å². The van der Waals surface area contributed by atoms with Crippen molar-refractivity contribution in [2.75, 3.05) is 26.2 Å². The highest BCUT2D eigenvalue weighted by atomic mass is 16.5. The number of aryl methyl sites for hydroxylation is 1. The van der Waals surface area contributed by atoms with Gasteiger partial charge >= 0.3 is 0 Å². The van der Waals surface area contributed by atoms with Gasteiger partial charge in [0, 0.05) is 25.0 Å². The average molecular weight is 463 g/mol. The summed E-state index contributed by atoms with van der Waals surface area (Å²) >= 11 is 0. The summed E-state index contributed by atoms with van der Waals surface area (Å²) in [6.45, 7) is 11.7. The van der Waals surface area contributed by atoms with Crippen LogP contribution in [-0.2, 0) is 16.0 Å². The van der Waals surface area contributed by atoms with Crippen molar-refractivity contribution in [3.63, 3.8) is 0 Å². The van der Waals surface area contributed by atoms with Gasteiger partial charge in [-0.25, -0.2) is 0 Å². The first-order chi connectivity index (χ1) is 16.3. The van der Waals surface area contributed by atoms with Crippen LogP contribution in [0.5, 0.6) is 5.75 Å². The van der Waals surface area contributed by atoms with Gasteiger partial charge in [0.05, 0.1) is 25.7 Å². The average Bonchev–Trinajstić information content (AvgIpc) is 3.32. The van der Waals surface area contributed by atoms with Crippen molar-refractivity contribution in [2.24, 2.45) is 0 Å². The van der Waals surface area contributed by atoms with Crippen LogP contribution in [0, 0.1) is 6.92 Å². The Bertz CT molecular complexity index is 1100. The molecule has 0 bridgehead atoms. The number of rotatable bonds is 8. The first-order valence-electron chi connectivity index (χ1n) is 12.3. The van der Waals surface area contributed by atoms with Crippen LogP contribution in [0.15, 0.2) is 48.0 Å². The number of likely N-dealkylation sites (tertiary alicyclic amines) is 1. The molecule has 0 spiro atoms. The number of carbonyl (C=O) groups is 2. The Kier molecular flexibility index (Phi) is 7.08. The monoisotopic (exact) mass is 462 g/mol. The minimum Gasteiger partial charge on any atom is -0.872 e. The van der Waals surface area contributed by atoms with Crippen LogP contribution in [-0.4, -0.2) is 48.9 Å². The predicted octanol–water partition coefficient (Wildman–Crippen LogP) is 1.86. The second-order valence-corrected chi connectivity index (χ2v) is 9.40. The Morgan fingerprint density at radius 2 is 1.82 bits per heavy atom. The van der Waals surface area contributed by atoms with Crippen molar-refractivity contribution in [1.82, 2.24) is 4.90 Å². The fraction of sp³-hybridized carbons (Fsp3) is 0.429. The lowest BCUT2D eigenvalue weighted by atomic mass is 9.94. The van der Waals surface area contributed by atoms with E-state index < -0.39 is 17.7 Å². The molecule has 2 unspecified atom stereocenters. The van der Waals surface area contributed by atoms with E-state index in [-0.39, 0.29) is 17.4 Å². The molecule has 1 saturated heterocycles. The molecule has 2 aliphatic rings. The number of benzene rings is 2. The third-order valence-electron chi connectivity index (χ3n) is 7.01. The summed E-state index contributed by atoms with van der Waals surface area (Å²) in [4.78, 5) is 29.4. The first-order valence-corrected chi connectivity index (χ1v) is 12.3. The van der Waals surface area contributed by atoms with Gasteiger partial charge < -0.3 is 19.6 Å². The summed E-state index contributed by atoms with van der Waals surface area (Å²) in [6.07, 6.45) is 1.56. The highest BCUT2D eigenvalue weighted by molar-refractivity contribution is 6.46. The highest BCUT2D eigenvalue weighted by Gasteiger charge is 2.44. The van der Waals surface area contributed by atoms with Gasteiger partial charge in [0.25, 0.3) is 5.91 Å². The molecule has 180 valence electrons. The highest BCUT2D eigenvalue weighted by Crippen LogP contribution is 2.39.